The Kier molecular flexibility index (Phi) is 8.28. The first-order valence-corrected chi connectivity index (χ1v) is 12.3. The molecule has 0 unspecified atom stereocenters. The molecule has 1 amide bonds. The van der Waals surface area contributed by atoms with Crippen LogP contribution < -0.4 is 15.0 Å². The Hall–Kier alpha value is -3.14. The predicted octanol–water partition coefficient (Wildman–Crippen LogP) is 4.57. The monoisotopic (exact) mass is 519 g/mol. The number of methoxy groups -OCH3 is 1. The van der Waals surface area contributed by atoms with E-state index in [4.69, 9.17) is 30.8 Å². The number of carbonyl (C=O) groups is 2. The number of pyridine rings is 1. The maximum atomic E-state index is 12.9. The summed E-state index contributed by atoms with van der Waals surface area (Å²) in [6.45, 7) is 12.3. The van der Waals surface area contributed by atoms with Gasteiger partial charge >= 0.3 is 12.1 Å². The lowest BCUT2D eigenvalue weighted by Gasteiger charge is -2.40. The van der Waals surface area contributed by atoms with Crippen molar-refractivity contribution in [1.29, 1.82) is 0 Å². The van der Waals surface area contributed by atoms with E-state index in [0.717, 1.165) is 0 Å². The zero-order chi connectivity index (χ0) is 26.7. The number of ether oxygens (including phenoxy) is 3. The van der Waals surface area contributed by atoms with Gasteiger partial charge in [0.1, 0.15) is 10.6 Å². The Morgan fingerprint density at radius 1 is 1.22 bits per heavy atom. The molecule has 0 atom stereocenters. The lowest BCUT2D eigenvalue weighted by atomic mass is 9.89. The number of halogens is 1. The largest absolute Gasteiger partial charge is 0.480 e. The maximum Gasteiger partial charge on any atom is 0.408 e. The van der Waals surface area contributed by atoms with Crippen molar-refractivity contribution in [2.45, 2.75) is 65.5 Å². The van der Waals surface area contributed by atoms with E-state index in [-0.39, 0.29) is 23.2 Å². The number of esters is 1. The van der Waals surface area contributed by atoms with E-state index in [1.807, 2.05) is 39.5 Å². The van der Waals surface area contributed by atoms with Crippen LogP contribution in [0.2, 0.25) is 5.02 Å². The number of hydrogen-bond acceptors (Lipinski definition) is 9. The fraction of sp³-hybridized carbons (Fsp3) is 0.560. The molecule has 0 aromatic carbocycles. The minimum Gasteiger partial charge on any atom is -0.480 e. The van der Waals surface area contributed by atoms with E-state index in [0.29, 0.717) is 48.7 Å². The molecule has 196 valence electrons. The van der Waals surface area contributed by atoms with Crippen molar-refractivity contribution in [3.05, 3.63) is 28.7 Å². The van der Waals surface area contributed by atoms with Crippen molar-refractivity contribution < 1.29 is 23.8 Å². The van der Waals surface area contributed by atoms with Crippen molar-refractivity contribution in [1.82, 2.24) is 20.3 Å². The number of anilines is 1. The van der Waals surface area contributed by atoms with Gasteiger partial charge in [-0.3, -0.25) is 0 Å². The van der Waals surface area contributed by atoms with Crippen molar-refractivity contribution >= 4 is 29.5 Å². The lowest BCUT2D eigenvalue weighted by Crippen LogP contribution is -2.54. The van der Waals surface area contributed by atoms with Gasteiger partial charge in [0, 0.05) is 30.4 Å². The summed E-state index contributed by atoms with van der Waals surface area (Å²) in [6, 6.07) is 1.70. The number of alkyl carbamates (subject to hydrolysis) is 1. The van der Waals surface area contributed by atoms with E-state index in [2.05, 4.69) is 15.3 Å². The molecule has 36 heavy (non-hydrogen) atoms. The van der Waals surface area contributed by atoms with Crippen LogP contribution in [0.1, 0.15) is 63.6 Å². The van der Waals surface area contributed by atoms with Gasteiger partial charge in [-0.15, -0.1) is 0 Å². The second-order valence-electron chi connectivity index (χ2n) is 9.91. The van der Waals surface area contributed by atoms with Gasteiger partial charge in [0.15, 0.2) is 11.5 Å². The van der Waals surface area contributed by atoms with Gasteiger partial charge in [-0.25, -0.2) is 24.5 Å². The second kappa shape index (κ2) is 10.9. The fourth-order valence-electron chi connectivity index (χ4n) is 3.96. The van der Waals surface area contributed by atoms with Gasteiger partial charge in [-0.1, -0.05) is 11.6 Å². The average molecular weight is 520 g/mol. The molecule has 1 aliphatic rings. The molecular weight excluding hydrogens is 486 g/mol. The summed E-state index contributed by atoms with van der Waals surface area (Å²) in [5.41, 5.74) is 0.666. The second-order valence-corrected chi connectivity index (χ2v) is 10.3. The third-order valence-electron chi connectivity index (χ3n) is 5.80. The smallest absolute Gasteiger partial charge is 0.408 e. The Labute approximate surface area is 216 Å². The first-order chi connectivity index (χ1) is 16.9. The van der Waals surface area contributed by atoms with Crippen LogP contribution in [0.25, 0.3) is 11.3 Å². The molecule has 3 rings (SSSR count). The first-order valence-electron chi connectivity index (χ1n) is 11.9. The van der Waals surface area contributed by atoms with Gasteiger partial charge in [0.2, 0.25) is 5.88 Å². The molecule has 1 aliphatic heterocycles. The SMILES string of the molecule is CCOC(=O)c1nc(-c2ccnc(OC)c2Cl)c(C)nc1N1CCC(C)(NC(=O)OC(C)(C)C)CC1. The molecule has 3 heterocycles. The normalized spacial score (nSPS) is 15.3. The average Bonchev–Trinajstić information content (AvgIpc) is 2.78. The van der Waals surface area contributed by atoms with Crippen LogP contribution in [0, 0.1) is 6.92 Å². The van der Waals surface area contributed by atoms with Crippen LogP contribution >= 0.6 is 11.6 Å². The zero-order valence-corrected chi connectivity index (χ0v) is 22.7. The quantitative estimate of drug-likeness (QED) is 0.548. The summed E-state index contributed by atoms with van der Waals surface area (Å²) in [7, 11) is 1.48. The van der Waals surface area contributed by atoms with Gasteiger partial charge in [0.25, 0.3) is 0 Å². The summed E-state index contributed by atoms with van der Waals surface area (Å²) in [6.07, 6.45) is 2.37. The number of hydrogen-bond donors (Lipinski definition) is 1. The molecule has 0 aliphatic carbocycles. The maximum absolute atomic E-state index is 12.9. The van der Waals surface area contributed by atoms with E-state index in [1.165, 1.54) is 7.11 Å². The standard InChI is InChI=1S/C25H34ClN5O5/c1-8-35-22(32)19-20(28-15(2)18(29-19)16-9-12-27-21(34-7)17(16)26)31-13-10-25(6,11-14-31)30-23(33)36-24(3,4)5/h9,12H,8,10-11,13-14H2,1-7H3,(H,30,33). The molecule has 1 saturated heterocycles. The minimum atomic E-state index is -0.577. The molecule has 2 aromatic rings. The molecule has 0 saturated carbocycles. The zero-order valence-electron chi connectivity index (χ0n) is 21.9. The number of piperidine rings is 1. The molecule has 10 nitrogen and oxygen atoms in total. The summed E-state index contributed by atoms with van der Waals surface area (Å²) in [4.78, 5) is 40.8. The van der Waals surface area contributed by atoms with Crippen molar-refractivity contribution in [2.24, 2.45) is 0 Å². The third kappa shape index (κ3) is 6.34. The molecule has 0 spiro atoms. The van der Waals surface area contributed by atoms with Crippen LogP contribution in [0.5, 0.6) is 5.88 Å². The molecule has 11 heteroatoms. The molecule has 1 fully saturated rings. The highest BCUT2D eigenvalue weighted by Crippen LogP contribution is 2.36. The fourth-order valence-corrected chi connectivity index (χ4v) is 4.23. The van der Waals surface area contributed by atoms with Crippen molar-refractivity contribution in [3.63, 3.8) is 0 Å². The van der Waals surface area contributed by atoms with Gasteiger partial charge in [0.05, 0.1) is 25.1 Å². The summed E-state index contributed by atoms with van der Waals surface area (Å²) in [5, 5.41) is 3.27. The summed E-state index contributed by atoms with van der Waals surface area (Å²) < 4.78 is 15.9. The van der Waals surface area contributed by atoms with Crippen molar-refractivity contribution in [3.8, 4) is 17.1 Å². The number of aromatic nitrogens is 3. The van der Waals surface area contributed by atoms with Crippen LogP contribution in [0.4, 0.5) is 10.6 Å². The van der Waals surface area contributed by atoms with Crippen LogP contribution in [-0.2, 0) is 9.47 Å². The topological polar surface area (TPSA) is 116 Å². The summed E-state index contributed by atoms with van der Waals surface area (Å²) in [5.74, 6) is 0.120. The van der Waals surface area contributed by atoms with Crippen LogP contribution in [0.3, 0.4) is 0 Å². The molecule has 1 N–H and O–H groups in total. The number of nitrogens with zero attached hydrogens (tertiary/aromatic N) is 4. The number of nitrogens with one attached hydrogen (secondary N) is 1. The van der Waals surface area contributed by atoms with E-state index in [1.54, 1.807) is 19.2 Å². The number of aryl methyl sites for hydroxylation is 1. The van der Waals surface area contributed by atoms with E-state index >= 15 is 0 Å². The Morgan fingerprint density at radius 3 is 2.47 bits per heavy atom. The summed E-state index contributed by atoms with van der Waals surface area (Å²) >= 11 is 6.48. The molecule has 0 bridgehead atoms. The Morgan fingerprint density at radius 2 is 1.89 bits per heavy atom. The highest BCUT2D eigenvalue weighted by Gasteiger charge is 2.35. The van der Waals surface area contributed by atoms with Gasteiger partial charge in [-0.05, 0) is 60.5 Å². The molecule has 2 aromatic heterocycles. The minimum absolute atomic E-state index is 0.105. The van der Waals surface area contributed by atoms with Crippen LogP contribution in [0.15, 0.2) is 12.3 Å². The van der Waals surface area contributed by atoms with Gasteiger partial charge in [-0.2, -0.15) is 0 Å². The number of rotatable bonds is 6. The van der Waals surface area contributed by atoms with Crippen molar-refractivity contribution in [2.75, 3.05) is 31.7 Å². The van der Waals surface area contributed by atoms with Gasteiger partial charge < -0.3 is 24.4 Å². The highest BCUT2D eigenvalue weighted by molar-refractivity contribution is 6.34. The van der Waals surface area contributed by atoms with E-state index in [9.17, 15) is 9.59 Å². The number of carbonyl (C=O) groups excluding carboxylic acids is 2. The third-order valence-corrected chi connectivity index (χ3v) is 6.16. The lowest BCUT2D eigenvalue weighted by molar-refractivity contribution is 0.0447. The molecule has 0 radical (unpaired) electrons. The Balaban J connectivity index is 1.91. The first kappa shape index (κ1) is 27.4. The predicted molar refractivity (Wildman–Crippen MR) is 137 cm³/mol. The van der Waals surface area contributed by atoms with E-state index < -0.39 is 23.2 Å². The number of amides is 1. The highest BCUT2D eigenvalue weighted by atomic mass is 35.5. The Bertz CT molecular complexity index is 1130. The van der Waals surface area contributed by atoms with Crippen LogP contribution in [-0.4, -0.2) is 65.0 Å². The molecular formula is C25H34ClN5O5.